The van der Waals surface area contributed by atoms with E-state index in [9.17, 15) is 4.79 Å². The highest BCUT2D eigenvalue weighted by atomic mass is 35.5. The zero-order chi connectivity index (χ0) is 14.5. The summed E-state index contributed by atoms with van der Waals surface area (Å²) in [5.41, 5.74) is 0.845. The van der Waals surface area contributed by atoms with Crippen LogP contribution in [0, 0.1) is 0 Å². The molecule has 2 atom stereocenters. The van der Waals surface area contributed by atoms with Crippen LogP contribution in [0.15, 0.2) is 18.2 Å². The summed E-state index contributed by atoms with van der Waals surface area (Å²) in [6, 6.07) is 5.00. The topological polar surface area (TPSA) is 59.6 Å². The number of hydrogen-bond acceptors (Lipinski definition) is 4. The van der Waals surface area contributed by atoms with Crippen molar-refractivity contribution in [2.75, 3.05) is 20.3 Å². The van der Waals surface area contributed by atoms with Gasteiger partial charge >= 0.3 is 0 Å². The van der Waals surface area contributed by atoms with Gasteiger partial charge in [-0.05, 0) is 25.1 Å². The van der Waals surface area contributed by atoms with E-state index in [0.717, 1.165) is 5.56 Å². The van der Waals surface area contributed by atoms with Crippen LogP contribution in [-0.2, 0) is 16.1 Å². The second-order valence-electron chi connectivity index (χ2n) is 4.68. The lowest BCUT2D eigenvalue weighted by atomic mass is 10.1. The molecule has 0 aromatic heterocycles. The van der Waals surface area contributed by atoms with Crippen LogP contribution in [0.1, 0.15) is 12.5 Å². The van der Waals surface area contributed by atoms with E-state index in [2.05, 4.69) is 10.6 Å². The summed E-state index contributed by atoms with van der Waals surface area (Å²) < 4.78 is 10.7. The molecule has 0 spiro atoms. The number of morpholine rings is 1. The van der Waals surface area contributed by atoms with E-state index in [1.165, 1.54) is 0 Å². The van der Waals surface area contributed by atoms with E-state index < -0.39 is 0 Å². The Hall–Kier alpha value is -1.30. The second kappa shape index (κ2) is 6.92. The van der Waals surface area contributed by atoms with Gasteiger partial charge in [-0.15, -0.1) is 0 Å². The first kappa shape index (κ1) is 15.1. The molecule has 1 aliphatic rings. The SMILES string of the molecule is COc1ccc(Cl)cc1CNC(=O)[C@H]1NCCO[C@@H]1C. The van der Waals surface area contributed by atoms with Gasteiger partial charge in [0.1, 0.15) is 11.8 Å². The molecule has 110 valence electrons. The Kier molecular flexibility index (Phi) is 5.23. The molecule has 0 saturated carbocycles. The van der Waals surface area contributed by atoms with E-state index in [1.54, 1.807) is 25.3 Å². The molecular formula is C14H19ClN2O3. The Morgan fingerprint density at radius 3 is 3.10 bits per heavy atom. The van der Waals surface area contributed by atoms with Crippen LogP contribution in [-0.4, -0.2) is 38.3 Å². The molecule has 1 aromatic carbocycles. The van der Waals surface area contributed by atoms with Crippen molar-refractivity contribution >= 4 is 17.5 Å². The van der Waals surface area contributed by atoms with E-state index >= 15 is 0 Å². The third kappa shape index (κ3) is 3.62. The van der Waals surface area contributed by atoms with Crippen LogP contribution in [0.3, 0.4) is 0 Å². The molecular weight excluding hydrogens is 280 g/mol. The fraction of sp³-hybridized carbons (Fsp3) is 0.500. The summed E-state index contributed by atoms with van der Waals surface area (Å²) in [4.78, 5) is 12.1. The van der Waals surface area contributed by atoms with Crippen molar-refractivity contribution in [1.82, 2.24) is 10.6 Å². The smallest absolute Gasteiger partial charge is 0.240 e. The number of hydrogen-bond donors (Lipinski definition) is 2. The molecule has 5 nitrogen and oxygen atoms in total. The van der Waals surface area contributed by atoms with Crippen LogP contribution in [0.5, 0.6) is 5.75 Å². The minimum absolute atomic E-state index is 0.0840. The molecule has 0 bridgehead atoms. The Balaban J connectivity index is 1.97. The van der Waals surface area contributed by atoms with Gasteiger partial charge in [0.15, 0.2) is 0 Å². The van der Waals surface area contributed by atoms with Crippen molar-refractivity contribution in [3.63, 3.8) is 0 Å². The van der Waals surface area contributed by atoms with Gasteiger partial charge in [0.25, 0.3) is 0 Å². The predicted octanol–water partition coefficient (Wildman–Crippen LogP) is 1.34. The first-order chi connectivity index (χ1) is 9.61. The van der Waals surface area contributed by atoms with Crippen LogP contribution >= 0.6 is 11.6 Å². The molecule has 0 aliphatic carbocycles. The molecule has 1 saturated heterocycles. The zero-order valence-corrected chi connectivity index (χ0v) is 12.4. The van der Waals surface area contributed by atoms with Crippen LogP contribution in [0.2, 0.25) is 5.02 Å². The van der Waals surface area contributed by atoms with Crippen molar-refractivity contribution in [1.29, 1.82) is 0 Å². The third-order valence-corrected chi connectivity index (χ3v) is 3.53. The number of carbonyl (C=O) groups excluding carboxylic acids is 1. The largest absolute Gasteiger partial charge is 0.496 e. The lowest BCUT2D eigenvalue weighted by molar-refractivity contribution is -0.129. The van der Waals surface area contributed by atoms with Crippen LogP contribution < -0.4 is 15.4 Å². The molecule has 1 amide bonds. The average molecular weight is 299 g/mol. The first-order valence-electron chi connectivity index (χ1n) is 6.57. The van der Waals surface area contributed by atoms with Gasteiger partial charge in [0, 0.05) is 23.7 Å². The fourth-order valence-corrected chi connectivity index (χ4v) is 2.40. The molecule has 2 N–H and O–H groups in total. The number of methoxy groups -OCH3 is 1. The molecule has 0 radical (unpaired) electrons. The normalized spacial score (nSPS) is 22.4. The minimum atomic E-state index is -0.325. The summed E-state index contributed by atoms with van der Waals surface area (Å²) >= 11 is 5.96. The second-order valence-corrected chi connectivity index (χ2v) is 5.12. The molecule has 1 aliphatic heterocycles. The summed E-state index contributed by atoms with van der Waals surface area (Å²) in [6.07, 6.45) is -0.134. The molecule has 1 heterocycles. The van der Waals surface area contributed by atoms with E-state index in [4.69, 9.17) is 21.1 Å². The molecule has 0 unspecified atom stereocenters. The Bertz CT molecular complexity index is 481. The number of halogens is 1. The molecule has 2 rings (SSSR count). The molecule has 20 heavy (non-hydrogen) atoms. The summed E-state index contributed by atoms with van der Waals surface area (Å²) in [5, 5.41) is 6.64. The number of rotatable bonds is 4. The van der Waals surface area contributed by atoms with E-state index in [1.807, 2.05) is 6.92 Å². The van der Waals surface area contributed by atoms with E-state index in [0.29, 0.717) is 30.5 Å². The highest BCUT2D eigenvalue weighted by Gasteiger charge is 2.28. The highest BCUT2D eigenvalue weighted by molar-refractivity contribution is 6.30. The van der Waals surface area contributed by atoms with Crippen molar-refractivity contribution in [3.05, 3.63) is 28.8 Å². The highest BCUT2D eigenvalue weighted by Crippen LogP contribution is 2.22. The van der Waals surface area contributed by atoms with Crippen LogP contribution in [0.4, 0.5) is 0 Å². The number of amides is 1. The van der Waals surface area contributed by atoms with Crippen molar-refractivity contribution in [3.8, 4) is 5.75 Å². The summed E-state index contributed by atoms with van der Waals surface area (Å²) in [7, 11) is 1.59. The lowest BCUT2D eigenvalue weighted by Gasteiger charge is -2.29. The molecule has 6 heteroatoms. The van der Waals surface area contributed by atoms with Crippen molar-refractivity contribution in [2.45, 2.75) is 25.6 Å². The lowest BCUT2D eigenvalue weighted by Crippen LogP contribution is -2.55. The predicted molar refractivity (Wildman–Crippen MR) is 77.1 cm³/mol. The molecule has 1 aromatic rings. The number of ether oxygens (including phenoxy) is 2. The number of carbonyl (C=O) groups is 1. The maximum absolute atomic E-state index is 12.1. The monoisotopic (exact) mass is 298 g/mol. The Labute approximate surface area is 123 Å². The minimum Gasteiger partial charge on any atom is -0.496 e. The zero-order valence-electron chi connectivity index (χ0n) is 11.6. The van der Waals surface area contributed by atoms with Gasteiger partial charge in [0.2, 0.25) is 5.91 Å². The van der Waals surface area contributed by atoms with E-state index in [-0.39, 0.29) is 18.1 Å². The fourth-order valence-electron chi connectivity index (χ4n) is 2.20. The number of benzene rings is 1. The Morgan fingerprint density at radius 2 is 2.40 bits per heavy atom. The van der Waals surface area contributed by atoms with Gasteiger partial charge in [-0.3, -0.25) is 4.79 Å². The van der Waals surface area contributed by atoms with Gasteiger partial charge < -0.3 is 20.1 Å². The van der Waals surface area contributed by atoms with Gasteiger partial charge in [-0.25, -0.2) is 0 Å². The summed E-state index contributed by atoms with van der Waals surface area (Å²) in [5.74, 6) is 0.620. The average Bonchev–Trinajstić information content (AvgIpc) is 2.45. The quantitative estimate of drug-likeness (QED) is 0.881. The standard InChI is InChI=1S/C14H19ClN2O3/c1-9-13(16-5-6-20-9)14(18)17-8-10-7-11(15)3-4-12(10)19-2/h3-4,7,9,13,16H,5-6,8H2,1-2H3,(H,17,18)/t9-,13+/m1/s1. The Morgan fingerprint density at radius 1 is 1.60 bits per heavy atom. The maximum Gasteiger partial charge on any atom is 0.240 e. The van der Waals surface area contributed by atoms with Crippen LogP contribution in [0.25, 0.3) is 0 Å². The van der Waals surface area contributed by atoms with Gasteiger partial charge in [-0.2, -0.15) is 0 Å². The molecule has 1 fully saturated rings. The van der Waals surface area contributed by atoms with Gasteiger partial charge in [0.05, 0.1) is 19.8 Å². The first-order valence-corrected chi connectivity index (χ1v) is 6.94. The van der Waals surface area contributed by atoms with Crippen molar-refractivity contribution < 1.29 is 14.3 Å². The summed E-state index contributed by atoms with van der Waals surface area (Å²) in [6.45, 7) is 3.57. The van der Waals surface area contributed by atoms with Gasteiger partial charge in [-0.1, -0.05) is 11.6 Å². The van der Waals surface area contributed by atoms with Crippen molar-refractivity contribution in [2.24, 2.45) is 0 Å². The maximum atomic E-state index is 12.1. The third-order valence-electron chi connectivity index (χ3n) is 3.29. The number of nitrogens with one attached hydrogen (secondary N) is 2.